The highest BCUT2D eigenvalue weighted by Gasteiger charge is 2.12. The first kappa shape index (κ1) is 13.9. The minimum Gasteiger partial charge on any atom is -0.309 e. The van der Waals surface area contributed by atoms with E-state index in [0.29, 0.717) is 22.5 Å². The Kier molecular flexibility index (Phi) is 3.54. The smallest absolute Gasteiger partial charge is 0.205 e. The summed E-state index contributed by atoms with van der Waals surface area (Å²) >= 11 is 12.4. The summed E-state index contributed by atoms with van der Waals surface area (Å²) in [4.78, 5) is 11.9. The van der Waals surface area contributed by atoms with E-state index in [9.17, 15) is 0 Å². The number of halogens is 2. The number of hydrogen-bond acceptors (Lipinski definition) is 2. The van der Waals surface area contributed by atoms with Crippen LogP contribution in [0.2, 0.25) is 10.3 Å². The van der Waals surface area contributed by atoms with Crippen molar-refractivity contribution in [1.29, 1.82) is 0 Å². The largest absolute Gasteiger partial charge is 0.309 e. The van der Waals surface area contributed by atoms with E-state index in [-0.39, 0.29) is 0 Å². The standard InChI is InChI=1S/C15H10Cl2N4/c1-9-5-13-14(6-12(9)16)21(15(17)20-13)8-11-4-3-10(18-2)7-19-11/h3-7H,8H2,1H3. The molecule has 0 aliphatic heterocycles. The summed E-state index contributed by atoms with van der Waals surface area (Å²) in [5.41, 5.74) is 3.95. The zero-order chi connectivity index (χ0) is 15.0. The van der Waals surface area contributed by atoms with Gasteiger partial charge >= 0.3 is 0 Å². The van der Waals surface area contributed by atoms with Crippen molar-refractivity contribution in [3.63, 3.8) is 0 Å². The van der Waals surface area contributed by atoms with Crippen LogP contribution in [0.25, 0.3) is 15.9 Å². The van der Waals surface area contributed by atoms with E-state index in [1.807, 2.05) is 29.7 Å². The molecule has 0 fully saturated rings. The predicted molar refractivity (Wildman–Crippen MR) is 84.1 cm³/mol. The quantitative estimate of drug-likeness (QED) is 0.645. The number of imidazole rings is 1. The molecule has 3 aromatic rings. The van der Waals surface area contributed by atoms with Gasteiger partial charge in [0.05, 0.1) is 29.8 Å². The SMILES string of the molecule is [C-]#[N+]c1ccc(Cn2c(Cl)nc3cc(C)c(Cl)cc32)nc1. The molecule has 0 amide bonds. The molecule has 0 saturated heterocycles. The Morgan fingerprint density at radius 1 is 1.29 bits per heavy atom. The number of benzene rings is 1. The van der Waals surface area contributed by atoms with Gasteiger partial charge in [-0.25, -0.2) is 9.83 Å². The summed E-state index contributed by atoms with van der Waals surface area (Å²) in [5.74, 6) is 0. The Balaban J connectivity index is 2.05. The highest BCUT2D eigenvalue weighted by atomic mass is 35.5. The Morgan fingerprint density at radius 3 is 2.76 bits per heavy atom. The molecule has 2 aromatic heterocycles. The first-order valence-corrected chi connectivity index (χ1v) is 6.98. The third-order valence-electron chi connectivity index (χ3n) is 3.24. The molecule has 21 heavy (non-hydrogen) atoms. The van der Waals surface area contributed by atoms with Crippen molar-refractivity contribution in [3.05, 3.63) is 63.4 Å². The summed E-state index contributed by atoms with van der Waals surface area (Å²) in [5, 5.41) is 1.07. The molecule has 0 N–H and O–H groups in total. The van der Waals surface area contributed by atoms with Crippen molar-refractivity contribution in [2.45, 2.75) is 13.5 Å². The average molecular weight is 317 g/mol. The lowest BCUT2D eigenvalue weighted by atomic mass is 10.2. The highest BCUT2D eigenvalue weighted by molar-refractivity contribution is 6.32. The van der Waals surface area contributed by atoms with E-state index in [2.05, 4.69) is 14.8 Å². The molecule has 0 saturated carbocycles. The maximum Gasteiger partial charge on any atom is 0.205 e. The molecule has 0 radical (unpaired) electrons. The molecule has 0 spiro atoms. The number of rotatable bonds is 2. The molecule has 3 rings (SSSR count). The van der Waals surface area contributed by atoms with Crippen LogP contribution in [0.5, 0.6) is 0 Å². The van der Waals surface area contributed by atoms with E-state index in [1.54, 1.807) is 12.3 Å². The fraction of sp³-hybridized carbons (Fsp3) is 0.133. The normalized spacial score (nSPS) is 10.8. The Bertz CT molecular complexity index is 860. The average Bonchev–Trinajstić information content (AvgIpc) is 2.76. The van der Waals surface area contributed by atoms with Gasteiger partial charge in [0.1, 0.15) is 0 Å². The third-order valence-corrected chi connectivity index (χ3v) is 3.94. The lowest BCUT2D eigenvalue weighted by Gasteiger charge is -2.06. The molecule has 104 valence electrons. The molecule has 0 aliphatic rings. The van der Waals surface area contributed by atoms with Crippen LogP contribution >= 0.6 is 23.2 Å². The number of aromatic nitrogens is 3. The van der Waals surface area contributed by atoms with Gasteiger partial charge in [0, 0.05) is 11.2 Å². The number of pyridine rings is 1. The van der Waals surface area contributed by atoms with Gasteiger partial charge in [-0.05, 0) is 42.3 Å². The van der Waals surface area contributed by atoms with Gasteiger partial charge in [0.15, 0.2) is 0 Å². The van der Waals surface area contributed by atoms with Crippen molar-refractivity contribution >= 4 is 39.9 Å². The molecule has 2 heterocycles. The second-order valence-electron chi connectivity index (χ2n) is 4.68. The predicted octanol–water partition coefficient (Wildman–Crippen LogP) is 4.65. The van der Waals surface area contributed by atoms with Crippen molar-refractivity contribution in [2.24, 2.45) is 0 Å². The molecule has 0 bridgehead atoms. The van der Waals surface area contributed by atoms with Crippen LogP contribution in [-0.2, 0) is 6.54 Å². The zero-order valence-corrected chi connectivity index (χ0v) is 12.7. The van der Waals surface area contributed by atoms with E-state index in [0.717, 1.165) is 22.3 Å². The summed E-state index contributed by atoms with van der Waals surface area (Å²) in [7, 11) is 0. The van der Waals surface area contributed by atoms with Gasteiger partial charge in [-0.15, -0.1) is 0 Å². The van der Waals surface area contributed by atoms with Crippen LogP contribution in [0.15, 0.2) is 30.5 Å². The minimum absolute atomic E-state index is 0.391. The van der Waals surface area contributed by atoms with E-state index in [4.69, 9.17) is 29.8 Å². The summed E-state index contributed by atoms with van der Waals surface area (Å²) in [6.45, 7) is 9.34. The molecule has 0 aliphatic carbocycles. The van der Waals surface area contributed by atoms with Gasteiger partial charge in [-0.1, -0.05) is 17.7 Å². The van der Waals surface area contributed by atoms with Crippen LogP contribution in [-0.4, -0.2) is 14.5 Å². The third kappa shape index (κ3) is 2.58. The van der Waals surface area contributed by atoms with Gasteiger partial charge in [-0.2, -0.15) is 0 Å². The molecule has 4 nitrogen and oxygen atoms in total. The van der Waals surface area contributed by atoms with Crippen molar-refractivity contribution in [1.82, 2.24) is 14.5 Å². The second kappa shape index (κ2) is 5.36. The zero-order valence-electron chi connectivity index (χ0n) is 11.1. The summed E-state index contributed by atoms with van der Waals surface area (Å²) < 4.78 is 1.85. The van der Waals surface area contributed by atoms with E-state index in [1.165, 1.54) is 0 Å². The van der Waals surface area contributed by atoms with E-state index >= 15 is 0 Å². The monoisotopic (exact) mass is 316 g/mol. The first-order valence-electron chi connectivity index (χ1n) is 6.23. The van der Waals surface area contributed by atoms with E-state index < -0.39 is 0 Å². The van der Waals surface area contributed by atoms with Crippen LogP contribution < -0.4 is 0 Å². The molecule has 0 unspecified atom stereocenters. The fourth-order valence-corrected chi connectivity index (χ4v) is 2.51. The molecular formula is C15H10Cl2N4. The van der Waals surface area contributed by atoms with Gasteiger partial charge in [0.2, 0.25) is 11.0 Å². The Morgan fingerprint density at radius 2 is 2.10 bits per heavy atom. The lowest BCUT2D eigenvalue weighted by molar-refractivity contribution is 0.799. The summed E-state index contributed by atoms with van der Waals surface area (Å²) in [6, 6.07) is 7.32. The maximum atomic E-state index is 6.93. The highest BCUT2D eigenvalue weighted by Crippen LogP contribution is 2.27. The van der Waals surface area contributed by atoms with Crippen LogP contribution in [0, 0.1) is 13.5 Å². The van der Waals surface area contributed by atoms with Crippen molar-refractivity contribution < 1.29 is 0 Å². The number of aryl methyl sites for hydroxylation is 1. The Labute approximate surface area is 131 Å². The van der Waals surface area contributed by atoms with Crippen molar-refractivity contribution in [3.8, 4) is 0 Å². The lowest BCUT2D eigenvalue weighted by Crippen LogP contribution is -2.01. The van der Waals surface area contributed by atoms with Crippen LogP contribution in [0.1, 0.15) is 11.3 Å². The molecule has 0 atom stereocenters. The molecular weight excluding hydrogens is 307 g/mol. The summed E-state index contributed by atoms with van der Waals surface area (Å²) in [6.07, 6.45) is 1.55. The molecule has 6 heteroatoms. The van der Waals surface area contributed by atoms with Crippen LogP contribution in [0.3, 0.4) is 0 Å². The first-order chi connectivity index (χ1) is 10.1. The fourth-order valence-electron chi connectivity index (χ4n) is 2.11. The molecule has 1 aromatic carbocycles. The van der Waals surface area contributed by atoms with Gasteiger partial charge < -0.3 is 4.57 Å². The van der Waals surface area contributed by atoms with Gasteiger partial charge in [-0.3, -0.25) is 4.98 Å². The number of hydrogen-bond donors (Lipinski definition) is 0. The maximum absolute atomic E-state index is 6.93. The topological polar surface area (TPSA) is 35.1 Å². The van der Waals surface area contributed by atoms with Crippen molar-refractivity contribution in [2.75, 3.05) is 0 Å². The second-order valence-corrected chi connectivity index (χ2v) is 5.42. The minimum atomic E-state index is 0.391. The van der Waals surface area contributed by atoms with Crippen LogP contribution in [0.4, 0.5) is 5.69 Å². The Hall–Kier alpha value is -2.09. The number of nitrogens with zero attached hydrogens (tertiary/aromatic N) is 4. The van der Waals surface area contributed by atoms with Gasteiger partial charge in [0.25, 0.3) is 0 Å². The number of fused-ring (bicyclic) bond motifs is 1.